The van der Waals surface area contributed by atoms with Crippen molar-refractivity contribution in [3.8, 4) is 0 Å². The highest BCUT2D eigenvalue weighted by atomic mass is 35.5. The Balaban J connectivity index is 1.42. The number of aromatic nitrogens is 1. The van der Waals surface area contributed by atoms with Crippen molar-refractivity contribution in [2.45, 2.75) is 25.3 Å². The summed E-state index contributed by atoms with van der Waals surface area (Å²) in [5, 5.41) is 0.611. The lowest BCUT2D eigenvalue weighted by Crippen LogP contribution is -2.48. The molecule has 8 heteroatoms. The second kappa shape index (κ2) is 7.48. The van der Waals surface area contributed by atoms with E-state index < -0.39 is 10.0 Å². The lowest BCUT2D eigenvalue weighted by molar-refractivity contribution is 0.169. The van der Waals surface area contributed by atoms with Gasteiger partial charge in [-0.3, -0.25) is 4.90 Å². The highest BCUT2D eigenvalue weighted by Gasteiger charge is 2.29. The Kier molecular flexibility index (Phi) is 5.18. The summed E-state index contributed by atoms with van der Waals surface area (Å²) >= 11 is 5.99. The van der Waals surface area contributed by atoms with Crippen molar-refractivity contribution in [3.63, 3.8) is 0 Å². The monoisotopic (exact) mass is 419 g/mol. The first-order valence-corrected chi connectivity index (χ1v) is 11.0. The molecule has 1 aliphatic rings. The van der Waals surface area contributed by atoms with Gasteiger partial charge in [0.25, 0.3) is 0 Å². The van der Waals surface area contributed by atoms with Gasteiger partial charge in [0.15, 0.2) is 5.58 Å². The molecule has 1 saturated heterocycles. The third-order valence-electron chi connectivity index (χ3n) is 5.20. The summed E-state index contributed by atoms with van der Waals surface area (Å²) < 4.78 is 33.2. The molecular formula is C20H22ClN3O3S. The van der Waals surface area contributed by atoms with E-state index >= 15 is 0 Å². The van der Waals surface area contributed by atoms with E-state index in [2.05, 4.69) is 9.88 Å². The minimum absolute atomic E-state index is 0.361. The van der Waals surface area contributed by atoms with Crippen LogP contribution in [0.2, 0.25) is 5.02 Å². The molecule has 0 unspecified atom stereocenters. The molecule has 0 spiro atoms. The predicted molar refractivity (Wildman–Crippen MR) is 109 cm³/mol. The van der Waals surface area contributed by atoms with Gasteiger partial charge in [0, 0.05) is 37.3 Å². The summed E-state index contributed by atoms with van der Waals surface area (Å²) in [6.07, 6.45) is 0. The number of sulfonamides is 1. The number of benzene rings is 2. The number of rotatable bonds is 4. The number of hydrogen-bond acceptors (Lipinski definition) is 5. The van der Waals surface area contributed by atoms with Gasteiger partial charge in [-0.25, -0.2) is 13.4 Å². The molecule has 4 rings (SSSR count). The number of halogens is 1. The minimum Gasteiger partial charge on any atom is -0.439 e. The van der Waals surface area contributed by atoms with E-state index in [1.54, 1.807) is 28.6 Å². The van der Waals surface area contributed by atoms with Crippen LogP contribution in [0.4, 0.5) is 0 Å². The molecule has 3 aromatic rings. The van der Waals surface area contributed by atoms with Gasteiger partial charge in [-0.15, -0.1) is 0 Å². The SMILES string of the molecule is Cc1ccc(S(=O)(=O)N2CCN(Cc3nc4ccc(Cl)cc4o3)CC2)cc1C. The van der Waals surface area contributed by atoms with Crippen molar-refractivity contribution in [1.29, 1.82) is 0 Å². The quantitative estimate of drug-likeness (QED) is 0.646. The van der Waals surface area contributed by atoms with E-state index in [0.717, 1.165) is 16.6 Å². The molecule has 0 saturated carbocycles. The maximum Gasteiger partial charge on any atom is 0.243 e. The first-order valence-electron chi connectivity index (χ1n) is 9.18. The molecule has 1 fully saturated rings. The van der Waals surface area contributed by atoms with Crippen LogP contribution in [0.1, 0.15) is 17.0 Å². The molecule has 0 amide bonds. The van der Waals surface area contributed by atoms with Crippen LogP contribution in [-0.2, 0) is 16.6 Å². The van der Waals surface area contributed by atoms with E-state index in [1.807, 2.05) is 26.0 Å². The van der Waals surface area contributed by atoms with E-state index in [0.29, 0.717) is 54.1 Å². The number of fused-ring (bicyclic) bond motifs is 1. The fraction of sp³-hybridized carbons (Fsp3) is 0.350. The van der Waals surface area contributed by atoms with Gasteiger partial charge in [0.1, 0.15) is 5.52 Å². The summed E-state index contributed by atoms with van der Waals surface area (Å²) in [7, 11) is -3.47. The maximum absolute atomic E-state index is 12.9. The topological polar surface area (TPSA) is 66.7 Å². The Morgan fingerprint density at radius 3 is 2.50 bits per heavy atom. The van der Waals surface area contributed by atoms with Crippen LogP contribution in [0.25, 0.3) is 11.1 Å². The van der Waals surface area contributed by atoms with Gasteiger partial charge in [-0.2, -0.15) is 4.31 Å². The van der Waals surface area contributed by atoms with Crippen molar-refractivity contribution in [2.24, 2.45) is 0 Å². The molecule has 0 N–H and O–H groups in total. The van der Waals surface area contributed by atoms with Crippen LogP contribution in [-0.4, -0.2) is 48.8 Å². The van der Waals surface area contributed by atoms with Gasteiger partial charge >= 0.3 is 0 Å². The predicted octanol–water partition coefficient (Wildman–Crippen LogP) is 3.60. The van der Waals surface area contributed by atoms with Gasteiger partial charge < -0.3 is 4.42 Å². The molecule has 0 radical (unpaired) electrons. The third-order valence-corrected chi connectivity index (χ3v) is 7.33. The fourth-order valence-corrected chi connectivity index (χ4v) is 5.03. The molecule has 0 aliphatic carbocycles. The maximum atomic E-state index is 12.9. The molecule has 28 heavy (non-hydrogen) atoms. The van der Waals surface area contributed by atoms with Crippen LogP contribution in [0.5, 0.6) is 0 Å². The molecule has 148 valence electrons. The lowest BCUT2D eigenvalue weighted by Gasteiger charge is -2.33. The minimum atomic E-state index is -3.47. The van der Waals surface area contributed by atoms with Gasteiger partial charge in [0.05, 0.1) is 11.4 Å². The highest BCUT2D eigenvalue weighted by Crippen LogP contribution is 2.23. The molecular weight excluding hydrogens is 398 g/mol. The van der Waals surface area contributed by atoms with Crippen LogP contribution in [0.3, 0.4) is 0 Å². The molecule has 2 aromatic carbocycles. The summed E-state index contributed by atoms with van der Waals surface area (Å²) in [4.78, 5) is 6.99. The zero-order chi connectivity index (χ0) is 19.9. The largest absolute Gasteiger partial charge is 0.439 e. The van der Waals surface area contributed by atoms with Crippen molar-refractivity contribution in [1.82, 2.24) is 14.2 Å². The molecule has 6 nitrogen and oxygen atoms in total. The summed E-state index contributed by atoms with van der Waals surface area (Å²) in [5.41, 5.74) is 3.51. The van der Waals surface area contributed by atoms with Gasteiger partial charge in [0.2, 0.25) is 15.9 Å². The molecule has 0 atom stereocenters. The average molecular weight is 420 g/mol. The Bertz CT molecular complexity index is 1120. The third kappa shape index (κ3) is 3.80. The zero-order valence-corrected chi connectivity index (χ0v) is 17.4. The molecule has 1 aromatic heterocycles. The van der Waals surface area contributed by atoms with Gasteiger partial charge in [-0.05, 0) is 49.2 Å². The standard InChI is InChI=1S/C20H22ClN3O3S/c1-14-3-5-17(11-15(14)2)28(25,26)24-9-7-23(8-10-24)13-20-22-18-6-4-16(21)12-19(18)27-20/h3-6,11-12H,7-10,13H2,1-2H3. The average Bonchev–Trinajstić information content (AvgIpc) is 3.05. The van der Waals surface area contributed by atoms with E-state index in [4.69, 9.17) is 16.0 Å². The Labute approximate surface area is 169 Å². The number of nitrogens with zero attached hydrogens (tertiary/aromatic N) is 3. The van der Waals surface area contributed by atoms with Crippen LogP contribution < -0.4 is 0 Å². The van der Waals surface area contributed by atoms with Crippen LogP contribution in [0, 0.1) is 13.8 Å². The fourth-order valence-electron chi connectivity index (χ4n) is 3.36. The zero-order valence-electron chi connectivity index (χ0n) is 15.9. The molecule has 1 aliphatic heterocycles. The Morgan fingerprint density at radius 1 is 1.04 bits per heavy atom. The second-order valence-electron chi connectivity index (χ2n) is 7.15. The summed E-state index contributed by atoms with van der Waals surface area (Å²) in [6.45, 7) is 6.60. The highest BCUT2D eigenvalue weighted by molar-refractivity contribution is 7.89. The van der Waals surface area contributed by atoms with Crippen molar-refractivity contribution in [2.75, 3.05) is 26.2 Å². The number of hydrogen-bond donors (Lipinski definition) is 0. The van der Waals surface area contributed by atoms with Gasteiger partial charge in [-0.1, -0.05) is 17.7 Å². The normalized spacial score (nSPS) is 16.7. The van der Waals surface area contributed by atoms with E-state index in [9.17, 15) is 8.42 Å². The Hall–Kier alpha value is -1.93. The second-order valence-corrected chi connectivity index (χ2v) is 9.52. The smallest absolute Gasteiger partial charge is 0.243 e. The van der Waals surface area contributed by atoms with Crippen LogP contribution >= 0.6 is 11.6 Å². The first-order chi connectivity index (χ1) is 13.3. The Morgan fingerprint density at radius 2 is 1.79 bits per heavy atom. The first kappa shape index (κ1) is 19.4. The number of aryl methyl sites for hydroxylation is 2. The number of oxazole rings is 1. The molecule has 0 bridgehead atoms. The van der Waals surface area contributed by atoms with Crippen molar-refractivity contribution in [3.05, 3.63) is 58.4 Å². The summed E-state index contributed by atoms with van der Waals surface area (Å²) in [5.74, 6) is 0.614. The van der Waals surface area contributed by atoms with Crippen LogP contribution in [0.15, 0.2) is 45.7 Å². The molecule has 2 heterocycles. The lowest BCUT2D eigenvalue weighted by atomic mass is 10.1. The van der Waals surface area contributed by atoms with E-state index in [1.165, 1.54) is 0 Å². The number of piperazine rings is 1. The van der Waals surface area contributed by atoms with E-state index in [-0.39, 0.29) is 0 Å². The van der Waals surface area contributed by atoms with Crippen molar-refractivity contribution < 1.29 is 12.8 Å². The summed E-state index contributed by atoms with van der Waals surface area (Å²) in [6, 6.07) is 10.7. The van der Waals surface area contributed by atoms with Crippen molar-refractivity contribution >= 4 is 32.7 Å².